The summed E-state index contributed by atoms with van der Waals surface area (Å²) in [7, 11) is 0. The summed E-state index contributed by atoms with van der Waals surface area (Å²) in [6.07, 6.45) is 7.65. The van der Waals surface area contributed by atoms with Crippen LogP contribution in [0, 0.1) is 0 Å². The molecule has 0 spiro atoms. The summed E-state index contributed by atoms with van der Waals surface area (Å²) in [6, 6.07) is 0.362. The minimum atomic E-state index is -0.0763. The second-order valence-electron chi connectivity index (χ2n) is 9.18. The van der Waals surface area contributed by atoms with Crippen molar-refractivity contribution in [2.24, 2.45) is 0 Å². The molecule has 3 aromatic rings. The van der Waals surface area contributed by atoms with Crippen molar-refractivity contribution in [2.45, 2.75) is 50.6 Å². The van der Waals surface area contributed by atoms with E-state index in [1.165, 1.54) is 19.3 Å². The third-order valence-electron chi connectivity index (χ3n) is 6.97. The molecule has 9 nitrogen and oxygen atoms in total. The second kappa shape index (κ2) is 8.57. The molecule has 10 heteroatoms. The van der Waals surface area contributed by atoms with Crippen molar-refractivity contribution in [3.63, 3.8) is 0 Å². The van der Waals surface area contributed by atoms with Gasteiger partial charge in [0.2, 0.25) is 0 Å². The molecule has 1 saturated carbocycles. The fourth-order valence-corrected chi connectivity index (χ4v) is 5.89. The normalized spacial score (nSPS) is 21.3. The molecule has 3 aromatic heterocycles. The lowest BCUT2D eigenvalue weighted by molar-refractivity contribution is 0.0337. The Labute approximate surface area is 190 Å². The van der Waals surface area contributed by atoms with Gasteiger partial charge in [0.15, 0.2) is 10.8 Å². The van der Waals surface area contributed by atoms with Crippen molar-refractivity contribution < 1.29 is 4.74 Å². The van der Waals surface area contributed by atoms with E-state index in [0.717, 1.165) is 81.1 Å². The number of aromatic nitrogens is 5. The zero-order valence-electron chi connectivity index (χ0n) is 18.2. The maximum absolute atomic E-state index is 12.7. The first-order valence-corrected chi connectivity index (χ1v) is 12.6. The first-order chi connectivity index (χ1) is 15.7. The van der Waals surface area contributed by atoms with E-state index >= 15 is 0 Å². The fourth-order valence-electron chi connectivity index (χ4n) is 5.05. The molecular weight excluding hydrogens is 426 g/mol. The average Bonchev–Trinajstić information content (AvgIpc) is 3.42. The average molecular weight is 456 g/mol. The van der Waals surface area contributed by atoms with Crippen LogP contribution < -0.4 is 10.5 Å². The lowest BCUT2D eigenvalue weighted by Gasteiger charge is -2.38. The SMILES string of the molecule is O=c1[nH]c(C2CN(c3nc(CN4CCOCC4)cs3)C2)nc2c1cnn2C1CCCCC1. The van der Waals surface area contributed by atoms with E-state index in [-0.39, 0.29) is 11.5 Å². The Morgan fingerprint density at radius 3 is 2.75 bits per heavy atom. The molecule has 0 radical (unpaired) electrons. The molecular formula is C22H29N7O2S. The summed E-state index contributed by atoms with van der Waals surface area (Å²) in [5.41, 5.74) is 1.79. The Kier molecular flexibility index (Phi) is 5.44. The van der Waals surface area contributed by atoms with Gasteiger partial charge in [0.25, 0.3) is 5.56 Å². The molecule has 2 aliphatic heterocycles. The number of thiazole rings is 1. The Hall–Kier alpha value is -2.30. The maximum Gasteiger partial charge on any atom is 0.262 e. The molecule has 0 aromatic carbocycles. The Morgan fingerprint density at radius 1 is 1.12 bits per heavy atom. The molecule has 1 N–H and O–H groups in total. The summed E-state index contributed by atoms with van der Waals surface area (Å²) in [6.45, 7) is 6.09. The van der Waals surface area contributed by atoms with Crippen LogP contribution in [0.25, 0.3) is 11.0 Å². The lowest BCUT2D eigenvalue weighted by atomic mass is 9.96. The molecule has 0 amide bonds. The van der Waals surface area contributed by atoms with Crippen LogP contribution in [-0.4, -0.2) is 69.0 Å². The molecule has 1 aliphatic carbocycles. The number of fused-ring (bicyclic) bond motifs is 1. The van der Waals surface area contributed by atoms with E-state index in [4.69, 9.17) is 14.7 Å². The molecule has 0 atom stereocenters. The van der Waals surface area contributed by atoms with Crippen LogP contribution in [0.15, 0.2) is 16.4 Å². The highest BCUT2D eigenvalue weighted by Gasteiger charge is 2.33. The molecule has 0 bridgehead atoms. The van der Waals surface area contributed by atoms with Gasteiger partial charge >= 0.3 is 0 Å². The number of nitrogens with one attached hydrogen (secondary N) is 1. The minimum absolute atomic E-state index is 0.0763. The van der Waals surface area contributed by atoms with Gasteiger partial charge in [-0.15, -0.1) is 11.3 Å². The zero-order valence-corrected chi connectivity index (χ0v) is 19.0. The van der Waals surface area contributed by atoms with Crippen LogP contribution in [0.1, 0.15) is 55.6 Å². The fraction of sp³-hybridized carbons (Fsp3) is 0.636. The number of hydrogen-bond donors (Lipinski definition) is 1. The molecule has 2 saturated heterocycles. The molecule has 3 fully saturated rings. The highest BCUT2D eigenvalue weighted by Crippen LogP contribution is 2.33. The Morgan fingerprint density at radius 2 is 1.94 bits per heavy atom. The number of H-pyrrole nitrogens is 1. The Bertz CT molecular complexity index is 1140. The van der Waals surface area contributed by atoms with E-state index < -0.39 is 0 Å². The van der Waals surface area contributed by atoms with Crippen LogP contribution in [0.5, 0.6) is 0 Å². The zero-order chi connectivity index (χ0) is 21.5. The quantitative estimate of drug-likeness (QED) is 0.632. The summed E-state index contributed by atoms with van der Waals surface area (Å²) in [5, 5.41) is 8.36. The van der Waals surface area contributed by atoms with Gasteiger partial charge < -0.3 is 14.6 Å². The predicted octanol–water partition coefficient (Wildman–Crippen LogP) is 2.52. The van der Waals surface area contributed by atoms with Crippen molar-refractivity contribution in [3.8, 4) is 0 Å². The van der Waals surface area contributed by atoms with E-state index in [1.807, 2.05) is 4.68 Å². The van der Waals surface area contributed by atoms with Crippen LogP contribution in [0.3, 0.4) is 0 Å². The van der Waals surface area contributed by atoms with Gasteiger partial charge in [-0.05, 0) is 12.8 Å². The monoisotopic (exact) mass is 455 g/mol. The molecule has 6 rings (SSSR count). The van der Waals surface area contributed by atoms with Crippen molar-refractivity contribution in [1.82, 2.24) is 29.6 Å². The smallest absolute Gasteiger partial charge is 0.262 e. The number of ether oxygens (including phenoxy) is 1. The summed E-state index contributed by atoms with van der Waals surface area (Å²) in [5.74, 6) is 0.995. The standard InChI is InChI=1S/C22H29N7O2S/c30-21-18-10-23-29(17-4-2-1-3-5-17)20(18)25-19(26-21)15-11-28(12-15)22-24-16(14-32-22)13-27-6-8-31-9-7-27/h10,14-15,17H,1-9,11-13H2,(H,25,26,30). The highest BCUT2D eigenvalue weighted by molar-refractivity contribution is 7.13. The second-order valence-corrected chi connectivity index (χ2v) is 10.0. The number of anilines is 1. The van der Waals surface area contributed by atoms with Crippen LogP contribution in [0.2, 0.25) is 0 Å². The number of morpholine rings is 1. The predicted molar refractivity (Wildman–Crippen MR) is 123 cm³/mol. The van der Waals surface area contributed by atoms with E-state index in [9.17, 15) is 4.79 Å². The number of rotatable bonds is 5. The van der Waals surface area contributed by atoms with Gasteiger partial charge in [0, 0.05) is 38.1 Å². The van der Waals surface area contributed by atoms with Gasteiger partial charge in [0.1, 0.15) is 11.2 Å². The lowest BCUT2D eigenvalue weighted by Crippen LogP contribution is -2.46. The minimum Gasteiger partial charge on any atom is -0.379 e. The van der Waals surface area contributed by atoms with Crippen LogP contribution in [0.4, 0.5) is 5.13 Å². The molecule has 32 heavy (non-hydrogen) atoms. The molecule has 0 unspecified atom stereocenters. The highest BCUT2D eigenvalue weighted by atomic mass is 32.1. The number of nitrogens with zero attached hydrogens (tertiary/aromatic N) is 6. The number of hydrogen-bond acceptors (Lipinski definition) is 8. The van der Waals surface area contributed by atoms with E-state index in [0.29, 0.717) is 11.4 Å². The van der Waals surface area contributed by atoms with E-state index in [2.05, 4.69) is 25.3 Å². The summed E-state index contributed by atoms with van der Waals surface area (Å²) >= 11 is 1.70. The summed E-state index contributed by atoms with van der Waals surface area (Å²) in [4.78, 5) is 30.1. The van der Waals surface area contributed by atoms with E-state index in [1.54, 1.807) is 17.5 Å². The topological polar surface area (TPSA) is 92.2 Å². The third-order valence-corrected chi connectivity index (χ3v) is 7.92. The van der Waals surface area contributed by atoms with Gasteiger partial charge in [-0.2, -0.15) is 5.10 Å². The van der Waals surface area contributed by atoms with Crippen molar-refractivity contribution in [3.05, 3.63) is 33.4 Å². The van der Waals surface area contributed by atoms with Gasteiger partial charge in [-0.1, -0.05) is 19.3 Å². The first-order valence-electron chi connectivity index (χ1n) is 11.7. The molecule has 170 valence electrons. The first kappa shape index (κ1) is 20.3. The maximum atomic E-state index is 12.7. The van der Waals surface area contributed by atoms with Crippen molar-refractivity contribution >= 4 is 27.5 Å². The van der Waals surface area contributed by atoms with Gasteiger partial charge in [-0.3, -0.25) is 9.69 Å². The van der Waals surface area contributed by atoms with Crippen molar-refractivity contribution in [1.29, 1.82) is 0 Å². The third kappa shape index (κ3) is 3.84. The van der Waals surface area contributed by atoms with Crippen LogP contribution >= 0.6 is 11.3 Å². The van der Waals surface area contributed by atoms with Gasteiger partial charge in [-0.25, -0.2) is 14.6 Å². The molecule has 3 aliphatic rings. The number of aromatic amines is 1. The van der Waals surface area contributed by atoms with Crippen molar-refractivity contribution in [2.75, 3.05) is 44.3 Å². The summed E-state index contributed by atoms with van der Waals surface area (Å²) < 4.78 is 7.43. The Balaban J connectivity index is 1.15. The molecule has 5 heterocycles. The largest absolute Gasteiger partial charge is 0.379 e. The van der Waals surface area contributed by atoms with Crippen LogP contribution in [-0.2, 0) is 11.3 Å². The van der Waals surface area contributed by atoms with Gasteiger partial charge in [0.05, 0.1) is 37.1 Å².